The molecular formula is C21H27IN4O2S. The monoisotopic (exact) mass is 526 g/mol. The van der Waals surface area contributed by atoms with Gasteiger partial charge >= 0.3 is 0 Å². The number of imide groups is 1. The fourth-order valence-corrected chi connectivity index (χ4v) is 3.93. The second-order valence-corrected chi connectivity index (χ2v) is 8.24. The van der Waals surface area contributed by atoms with Crippen molar-refractivity contribution in [1.82, 2.24) is 15.5 Å². The van der Waals surface area contributed by atoms with Gasteiger partial charge in [-0.3, -0.25) is 19.5 Å². The average Bonchev–Trinajstić information content (AvgIpc) is 3.31. The van der Waals surface area contributed by atoms with Crippen molar-refractivity contribution < 1.29 is 9.59 Å². The zero-order valence-corrected chi connectivity index (χ0v) is 20.0. The number of benzene rings is 1. The number of thiophene rings is 1. The molecule has 0 atom stereocenters. The number of nitrogens with one attached hydrogen (secondary N) is 2. The van der Waals surface area contributed by atoms with Gasteiger partial charge in [-0.15, -0.1) is 35.3 Å². The van der Waals surface area contributed by atoms with Crippen LogP contribution in [0.4, 0.5) is 0 Å². The van der Waals surface area contributed by atoms with Gasteiger partial charge in [-0.1, -0.05) is 32.0 Å². The van der Waals surface area contributed by atoms with E-state index in [9.17, 15) is 9.59 Å². The molecule has 0 saturated heterocycles. The molecule has 2 amide bonds. The SMILES string of the molecule is CCNC(=NCC(C)(C)c1cccs1)NCCN1C(=O)c2ccccc2C1=O.I. The molecule has 0 saturated carbocycles. The minimum absolute atomic E-state index is 0. The van der Waals surface area contributed by atoms with Gasteiger partial charge in [-0.05, 0) is 30.5 Å². The van der Waals surface area contributed by atoms with E-state index in [4.69, 9.17) is 4.99 Å². The lowest BCUT2D eigenvalue weighted by molar-refractivity contribution is 0.0657. The maximum absolute atomic E-state index is 12.4. The molecule has 2 heterocycles. The Morgan fingerprint density at radius 1 is 1.07 bits per heavy atom. The molecule has 0 fully saturated rings. The second kappa shape index (κ2) is 10.2. The number of hydrogen-bond donors (Lipinski definition) is 2. The van der Waals surface area contributed by atoms with Crippen LogP contribution in [0, 0.1) is 0 Å². The average molecular weight is 526 g/mol. The highest BCUT2D eigenvalue weighted by atomic mass is 127. The predicted octanol–water partition coefficient (Wildman–Crippen LogP) is 3.50. The van der Waals surface area contributed by atoms with Gasteiger partial charge in [0.1, 0.15) is 0 Å². The van der Waals surface area contributed by atoms with Gasteiger partial charge in [0, 0.05) is 29.9 Å². The maximum atomic E-state index is 12.4. The van der Waals surface area contributed by atoms with Crippen LogP contribution in [0.5, 0.6) is 0 Å². The zero-order valence-electron chi connectivity index (χ0n) is 16.9. The van der Waals surface area contributed by atoms with E-state index in [0.29, 0.717) is 36.7 Å². The molecule has 0 spiro atoms. The van der Waals surface area contributed by atoms with E-state index < -0.39 is 0 Å². The minimum atomic E-state index is -0.233. The first kappa shape index (κ1) is 23.3. The number of nitrogens with zero attached hydrogens (tertiary/aromatic N) is 2. The molecule has 1 aromatic heterocycles. The van der Waals surface area contributed by atoms with Crippen LogP contribution in [-0.2, 0) is 5.41 Å². The molecular weight excluding hydrogens is 499 g/mol. The summed E-state index contributed by atoms with van der Waals surface area (Å²) in [5, 5.41) is 8.52. The van der Waals surface area contributed by atoms with Crippen molar-refractivity contribution in [2.45, 2.75) is 26.2 Å². The van der Waals surface area contributed by atoms with E-state index >= 15 is 0 Å². The van der Waals surface area contributed by atoms with Gasteiger partial charge in [0.2, 0.25) is 0 Å². The first-order chi connectivity index (χ1) is 13.4. The molecule has 8 heteroatoms. The summed E-state index contributed by atoms with van der Waals surface area (Å²) in [4.78, 5) is 32.1. The third-order valence-electron chi connectivity index (χ3n) is 4.67. The van der Waals surface area contributed by atoms with Gasteiger partial charge in [0.05, 0.1) is 17.7 Å². The molecule has 1 aliphatic rings. The predicted molar refractivity (Wildman–Crippen MR) is 129 cm³/mol. The quantitative estimate of drug-likeness (QED) is 0.251. The number of halogens is 1. The molecule has 2 aromatic rings. The number of fused-ring (bicyclic) bond motifs is 1. The Morgan fingerprint density at radius 3 is 2.28 bits per heavy atom. The van der Waals surface area contributed by atoms with E-state index in [1.165, 1.54) is 9.78 Å². The Bertz CT molecular complexity index is 846. The van der Waals surface area contributed by atoms with Crippen LogP contribution >= 0.6 is 35.3 Å². The highest BCUT2D eigenvalue weighted by Crippen LogP contribution is 2.27. The van der Waals surface area contributed by atoms with E-state index in [1.54, 1.807) is 35.6 Å². The molecule has 1 aromatic carbocycles. The molecule has 6 nitrogen and oxygen atoms in total. The summed E-state index contributed by atoms with van der Waals surface area (Å²) < 4.78 is 0. The number of rotatable bonds is 7. The molecule has 2 N–H and O–H groups in total. The van der Waals surface area contributed by atoms with Crippen molar-refractivity contribution in [3.8, 4) is 0 Å². The Kier molecular flexibility index (Phi) is 8.21. The van der Waals surface area contributed by atoms with Crippen molar-refractivity contribution >= 4 is 53.1 Å². The molecule has 0 bridgehead atoms. The van der Waals surface area contributed by atoms with Crippen LogP contribution in [0.3, 0.4) is 0 Å². The van der Waals surface area contributed by atoms with E-state index in [-0.39, 0.29) is 41.2 Å². The van der Waals surface area contributed by atoms with Crippen molar-refractivity contribution in [1.29, 1.82) is 0 Å². The summed E-state index contributed by atoms with van der Waals surface area (Å²) in [6.45, 7) is 8.46. The number of guanidine groups is 1. The highest BCUT2D eigenvalue weighted by Gasteiger charge is 2.34. The van der Waals surface area contributed by atoms with Crippen LogP contribution in [0.2, 0.25) is 0 Å². The molecule has 1 aliphatic heterocycles. The minimum Gasteiger partial charge on any atom is -0.357 e. The Balaban J connectivity index is 0.00000300. The van der Waals surface area contributed by atoms with E-state index in [1.807, 2.05) is 6.92 Å². The Labute approximate surface area is 192 Å². The lowest BCUT2D eigenvalue weighted by Gasteiger charge is -2.22. The van der Waals surface area contributed by atoms with Gasteiger partial charge in [0.15, 0.2) is 5.96 Å². The highest BCUT2D eigenvalue weighted by molar-refractivity contribution is 14.0. The summed E-state index contributed by atoms with van der Waals surface area (Å²) >= 11 is 1.73. The second-order valence-electron chi connectivity index (χ2n) is 7.29. The van der Waals surface area contributed by atoms with Crippen molar-refractivity contribution in [3.63, 3.8) is 0 Å². The molecule has 0 radical (unpaired) electrons. The van der Waals surface area contributed by atoms with Crippen LogP contribution in [0.25, 0.3) is 0 Å². The van der Waals surface area contributed by atoms with Crippen LogP contribution < -0.4 is 10.6 Å². The summed E-state index contributed by atoms with van der Waals surface area (Å²) in [6.07, 6.45) is 0. The number of hydrogen-bond acceptors (Lipinski definition) is 4. The molecule has 0 aliphatic carbocycles. The Morgan fingerprint density at radius 2 is 1.72 bits per heavy atom. The summed E-state index contributed by atoms with van der Waals surface area (Å²) in [6, 6.07) is 11.1. The van der Waals surface area contributed by atoms with Crippen LogP contribution in [0.1, 0.15) is 46.4 Å². The third kappa shape index (κ3) is 5.36. The van der Waals surface area contributed by atoms with E-state index in [2.05, 4.69) is 42.0 Å². The smallest absolute Gasteiger partial charge is 0.261 e. The van der Waals surface area contributed by atoms with Gasteiger partial charge < -0.3 is 10.6 Å². The van der Waals surface area contributed by atoms with Crippen LogP contribution in [0.15, 0.2) is 46.8 Å². The fourth-order valence-electron chi connectivity index (χ4n) is 3.09. The van der Waals surface area contributed by atoms with Crippen LogP contribution in [-0.4, -0.2) is 48.9 Å². The normalized spacial score (nSPS) is 13.9. The first-order valence-corrected chi connectivity index (χ1v) is 10.3. The number of aliphatic imine (C=N–C) groups is 1. The van der Waals surface area contributed by atoms with Crippen molar-refractivity contribution in [2.75, 3.05) is 26.2 Å². The summed E-state index contributed by atoms with van der Waals surface area (Å²) in [7, 11) is 0. The van der Waals surface area contributed by atoms with Crippen molar-refractivity contribution in [2.24, 2.45) is 4.99 Å². The van der Waals surface area contributed by atoms with E-state index in [0.717, 1.165) is 6.54 Å². The summed E-state index contributed by atoms with van der Waals surface area (Å²) in [5.41, 5.74) is 0.899. The number of amides is 2. The van der Waals surface area contributed by atoms with Gasteiger partial charge in [-0.25, -0.2) is 0 Å². The first-order valence-electron chi connectivity index (χ1n) is 9.45. The third-order valence-corrected chi connectivity index (χ3v) is 5.91. The molecule has 156 valence electrons. The standard InChI is InChI=1S/C21H26N4O2S.HI/c1-4-22-20(24-14-21(2,3)17-10-7-13-28-17)23-11-12-25-18(26)15-8-5-6-9-16(15)19(25)27;/h5-10,13H,4,11-12,14H2,1-3H3,(H2,22,23,24);1H. The molecule has 29 heavy (non-hydrogen) atoms. The lowest BCUT2D eigenvalue weighted by Crippen LogP contribution is -2.43. The maximum Gasteiger partial charge on any atom is 0.261 e. The Hall–Kier alpha value is -1.94. The molecule has 3 rings (SSSR count). The number of carbonyl (C=O) groups excluding carboxylic acids is 2. The number of carbonyl (C=O) groups is 2. The van der Waals surface area contributed by atoms with Gasteiger partial charge in [0.25, 0.3) is 11.8 Å². The fraction of sp³-hybridized carbons (Fsp3) is 0.381. The zero-order chi connectivity index (χ0) is 20.1. The lowest BCUT2D eigenvalue weighted by atomic mass is 9.92. The molecule has 0 unspecified atom stereocenters. The largest absolute Gasteiger partial charge is 0.357 e. The van der Waals surface area contributed by atoms with Gasteiger partial charge in [-0.2, -0.15) is 0 Å². The van der Waals surface area contributed by atoms with Crippen molar-refractivity contribution in [3.05, 3.63) is 57.8 Å². The summed E-state index contributed by atoms with van der Waals surface area (Å²) in [5.74, 6) is 0.218. The topological polar surface area (TPSA) is 73.8 Å².